The van der Waals surface area contributed by atoms with Crippen molar-refractivity contribution in [2.75, 3.05) is 12.3 Å². The molecule has 2 N–H and O–H groups in total. The second-order valence-corrected chi connectivity index (χ2v) is 9.75. The molecule has 0 spiro atoms. The van der Waals surface area contributed by atoms with Gasteiger partial charge in [0.1, 0.15) is 0 Å². The summed E-state index contributed by atoms with van der Waals surface area (Å²) >= 11 is 0. The van der Waals surface area contributed by atoms with Gasteiger partial charge in [-0.15, -0.1) is 0 Å². The molecular weight excluding hydrogens is 378 g/mol. The highest BCUT2D eigenvalue weighted by Gasteiger charge is 2.30. The Morgan fingerprint density at radius 2 is 2.00 bits per heavy atom. The van der Waals surface area contributed by atoms with Gasteiger partial charge in [-0.2, -0.15) is 8.42 Å². The van der Waals surface area contributed by atoms with Crippen LogP contribution in [-0.4, -0.2) is 37.0 Å². The third kappa shape index (κ3) is 8.10. The second kappa shape index (κ2) is 10.2. The third-order valence-corrected chi connectivity index (χ3v) is 5.93. The molecule has 1 unspecified atom stereocenters. The number of hydrogen-bond acceptors (Lipinski definition) is 4. The van der Waals surface area contributed by atoms with Gasteiger partial charge in [-0.1, -0.05) is 44.6 Å². The molecule has 0 saturated heterocycles. The molecule has 1 amide bonds. The van der Waals surface area contributed by atoms with Gasteiger partial charge >= 0.3 is 0 Å². The van der Waals surface area contributed by atoms with Gasteiger partial charge in [-0.25, -0.2) is 0 Å². The topological polar surface area (TPSA) is 101 Å². The summed E-state index contributed by atoms with van der Waals surface area (Å²) < 4.78 is 30.0. The zero-order chi connectivity index (χ0) is 21.5. The molecule has 0 aromatic rings. The molecule has 0 aliphatic heterocycles. The lowest BCUT2D eigenvalue weighted by Gasteiger charge is -2.32. The SMILES string of the molecule is CC(C=CC1=C(C)C(=O)CCC1(C)C)=CCCC(C)C(=O)NCCS(=O)(=O)O. The van der Waals surface area contributed by atoms with Gasteiger partial charge in [0.15, 0.2) is 5.78 Å². The van der Waals surface area contributed by atoms with Crippen LogP contribution in [0.25, 0.3) is 0 Å². The molecule has 0 heterocycles. The summed E-state index contributed by atoms with van der Waals surface area (Å²) in [7, 11) is -4.06. The minimum atomic E-state index is -4.06. The van der Waals surface area contributed by atoms with Crippen LogP contribution in [0.5, 0.6) is 0 Å². The summed E-state index contributed by atoms with van der Waals surface area (Å²) in [4.78, 5) is 23.9. The Bertz CT molecular complexity index is 788. The van der Waals surface area contributed by atoms with E-state index in [1.54, 1.807) is 6.92 Å². The monoisotopic (exact) mass is 411 g/mol. The first kappa shape index (κ1) is 24.3. The van der Waals surface area contributed by atoms with Gasteiger partial charge < -0.3 is 5.32 Å². The molecule has 0 fully saturated rings. The Morgan fingerprint density at radius 3 is 2.61 bits per heavy atom. The lowest BCUT2D eigenvalue weighted by Crippen LogP contribution is -2.33. The maximum atomic E-state index is 12.0. The zero-order valence-electron chi connectivity index (χ0n) is 17.5. The van der Waals surface area contributed by atoms with Gasteiger partial charge in [-0.05, 0) is 49.7 Å². The molecule has 7 heteroatoms. The van der Waals surface area contributed by atoms with Crippen LogP contribution in [0.2, 0.25) is 0 Å². The fourth-order valence-electron chi connectivity index (χ4n) is 3.21. The summed E-state index contributed by atoms with van der Waals surface area (Å²) in [5, 5.41) is 2.51. The van der Waals surface area contributed by atoms with E-state index in [0.717, 1.165) is 23.1 Å². The Morgan fingerprint density at radius 1 is 1.36 bits per heavy atom. The van der Waals surface area contributed by atoms with Crippen molar-refractivity contribution in [3.05, 3.63) is 34.9 Å². The number of ketones is 1. The Labute approximate surface area is 168 Å². The van der Waals surface area contributed by atoms with Gasteiger partial charge in [0.25, 0.3) is 10.1 Å². The fraction of sp³-hybridized carbons (Fsp3) is 0.619. The molecule has 28 heavy (non-hydrogen) atoms. The molecule has 0 aromatic carbocycles. The molecular formula is C21H33NO5S. The number of amides is 1. The standard InChI is InChI=1S/C21H33NO5S/c1-15(9-10-18-17(3)19(23)11-12-21(18,4)5)7-6-8-16(2)20(24)22-13-14-28(25,26)27/h7,9-10,16H,6,8,11-14H2,1-5H3,(H,22,24)(H,25,26,27). The Kier molecular flexibility index (Phi) is 8.82. The van der Waals surface area contributed by atoms with E-state index in [1.165, 1.54) is 0 Å². The minimum Gasteiger partial charge on any atom is -0.355 e. The summed E-state index contributed by atoms with van der Waals surface area (Å²) in [5.74, 6) is -0.749. The number of hydrogen-bond donors (Lipinski definition) is 2. The van der Waals surface area contributed by atoms with Crippen molar-refractivity contribution in [3.63, 3.8) is 0 Å². The first-order valence-corrected chi connectivity index (χ1v) is 11.3. The van der Waals surface area contributed by atoms with Crippen molar-refractivity contribution in [1.82, 2.24) is 5.32 Å². The predicted molar refractivity (Wildman–Crippen MR) is 111 cm³/mol. The van der Waals surface area contributed by atoms with E-state index in [1.807, 2.05) is 32.1 Å². The van der Waals surface area contributed by atoms with Crippen LogP contribution in [0.4, 0.5) is 0 Å². The van der Waals surface area contributed by atoms with Gasteiger partial charge in [0.05, 0.1) is 5.75 Å². The maximum Gasteiger partial charge on any atom is 0.266 e. The van der Waals surface area contributed by atoms with Crippen LogP contribution < -0.4 is 5.32 Å². The van der Waals surface area contributed by atoms with E-state index in [-0.39, 0.29) is 29.6 Å². The number of nitrogens with one attached hydrogen (secondary N) is 1. The van der Waals surface area contributed by atoms with Crippen molar-refractivity contribution in [3.8, 4) is 0 Å². The van der Waals surface area contributed by atoms with Crippen molar-refractivity contribution in [1.29, 1.82) is 0 Å². The van der Waals surface area contributed by atoms with Crippen LogP contribution in [0.1, 0.15) is 60.3 Å². The van der Waals surface area contributed by atoms with Crippen LogP contribution in [0.3, 0.4) is 0 Å². The minimum absolute atomic E-state index is 0.0105. The highest BCUT2D eigenvalue weighted by atomic mass is 32.2. The first-order valence-electron chi connectivity index (χ1n) is 9.66. The summed E-state index contributed by atoms with van der Waals surface area (Å²) in [5.41, 5.74) is 2.98. The lowest BCUT2D eigenvalue weighted by atomic mass is 9.72. The van der Waals surface area contributed by atoms with Crippen LogP contribution >= 0.6 is 0 Å². The summed E-state index contributed by atoms with van der Waals surface area (Å²) in [6.07, 6.45) is 8.90. The number of rotatable bonds is 9. The molecule has 0 aromatic heterocycles. The number of carbonyl (C=O) groups is 2. The van der Waals surface area contributed by atoms with Crippen LogP contribution in [0, 0.1) is 11.3 Å². The molecule has 1 aliphatic carbocycles. The molecule has 1 atom stereocenters. The largest absolute Gasteiger partial charge is 0.355 e. The molecule has 6 nitrogen and oxygen atoms in total. The molecule has 0 bridgehead atoms. The van der Waals surface area contributed by atoms with E-state index in [2.05, 4.69) is 19.2 Å². The average molecular weight is 412 g/mol. The van der Waals surface area contributed by atoms with E-state index in [0.29, 0.717) is 19.3 Å². The van der Waals surface area contributed by atoms with E-state index < -0.39 is 15.9 Å². The third-order valence-electron chi connectivity index (χ3n) is 5.21. The van der Waals surface area contributed by atoms with E-state index in [4.69, 9.17) is 4.55 Å². The highest BCUT2D eigenvalue weighted by molar-refractivity contribution is 7.85. The zero-order valence-corrected chi connectivity index (χ0v) is 18.4. The lowest BCUT2D eigenvalue weighted by molar-refractivity contribution is -0.124. The van der Waals surface area contributed by atoms with Crippen molar-refractivity contribution in [2.45, 2.75) is 60.3 Å². The van der Waals surface area contributed by atoms with Crippen LogP contribution in [-0.2, 0) is 19.7 Å². The number of Topliss-reactive ketones (excluding diaryl/α,β-unsaturated/α-hetero) is 1. The number of allylic oxidation sites excluding steroid dienone is 6. The van der Waals surface area contributed by atoms with Crippen molar-refractivity contribution in [2.24, 2.45) is 11.3 Å². The van der Waals surface area contributed by atoms with E-state index >= 15 is 0 Å². The van der Waals surface area contributed by atoms with Gasteiger partial charge in [0.2, 0.25) is 5.91 Å². The molecule has 158 valence electrons. The average Bonchev–Trinajstić information content (AvgIpc) is 2.57. The highest BCUT2D eigenvalue weighted by Crippen LogP contribution is 2.39. The maximum absolute atomic E-state index is 12.0. The Hall–Kier alpha value is -1.73. The van der Waals surface area contributed by atoms with Gasteiger partial charge in [0, 0.05) is 18.9 Å². The smallest absolute Gasteiger partial charge is 0.266 e. The summed E-state index contributed by atoms with van der Waals surface area (Å²) in [6.45, 7) is 9.88. The second-order valence-electron chi connectivity index (χ2n) is 8.18. The number of carbonyl (C=O) groups excluding carboxylic acids is 2. The molecule has 1 rings (SSSR count). The van der Waals surface area contributed by atoms with E-state index in [9.17, 15) is 18.0 Å². The fourth-order valence-corrected chi connectivity index (χ4v) is 3.57. The Balaban J connectivity index is 2.56. The predicted octanol–water partition coefficient (Wildman–Crippen LogP) is 3.61. The first-order chi connectivity index (χ1) is 12.8. The normalized spacial score (nSPS) is 19.2. The molecule has 1 aliphatic rings. The molecule has 0 radical (unpaired) electrons. The van der Waals surface area contributed by atoms with Gasteiger partial charge in [-0.3, -0.25) is 14.1 Å². The quantitative estimate of drug-likeness (QED) is 0.446. The van der Waals surface area contributed by atoms with Crippen molar-refractivity contribution >= 4 is 21.8 Å². The van der Waals surface area contributed by atoms with Crippen molar-refractivity contribution < 1.29 is 22.6 Å². The molecule has 0 saturated carbocycles. The summed E-state index contributed by atoms with van der Waals surface area (Å²) in [6, 6.07) is 0. The van der Waals surface area contributed by atoms with Crippen LogP contribution in [0.15, 0.2) is 34.9 Å².